The van der Waals surface area contributed by atoms with Crippen molar-refractivity contribution in [1.29, 1.82) is 0 Å². The Labute approximate surface area is 97.5 Å². The van der Waals surface area contributed by atoms with Crippen LogP contribution in [0.4, 0.5) is 0 Å². The quantitative estimate of drug-likeness (QED) is 0.664. The monoisotopic (exact) mass is 226 g/mol. The number of likely N-dealkylation sites (tertiary alicyclic amines) is 2. The van der Waals surface area contributed by atoms with Gasteiger partial charge in [-0.3, -0.25) is 14.6 Å². The highest BCUT2D eigenvalue weighted by molar-refractivity contribution is 5.75. The lowest BCUT2D eigenvalue weighted by atomic mass is 10.2. The van der Waals surface area contributed by atoms with Gasteiger partial charge in [0.25, 0.3) is 0 Å². The average Bonchev–Trinajstić information content (AvgIpc) is 2.96. The molecule has 0 saturated carbocycles. The number of hydrogen-bond acceptors (Lipinski definition) is 4. The summed E-state index contributed by atoms with van der Waals surface area (Å²) >= 11 is 0. The Morgan fingerprint density at radius 3 is 2.62 bits per heavy atom. The van der Waals surface area contributed by atoms with Crippen molar-refractivity contribution in [2.24, 2.45) is 0 Å². The van der Waals surface area contributed by atoms with Gasteiger partial charge in [-0.05, 0) is 39.3 Å². The Kier molecular flexibility index (Phi) is 3.82. The molecule has 2 rings (SSSR count). The summed E-state index contributed by atoms with van der Waals surface area (Å²) < 4.78 is 4.79. The lowest BCUT2D eigenvalue weighted by Gasteiger charge is -2.25. The molecule has 16 heavy (non-hydrogen) atoms. The zero-order valence-electron chi connectivity index (χ0n) is 10.3. The molecule has 0 aromatic rings. The first-order valence-electron chi connectivity index (χ1n) is 6.28. The molecule has 0 aliphatic carbocycles. The normalized spacial score (nSPS) is 29.5. The summed E-state index contributed by atoms with van der Waals surface area (Å²) in [6.45, 7) is 6.47. The Morgan fingerprint density at radius 2 is 2.00 bits per heavy atom. The van der Waals surface area contributed by atoms with Gasteiger partial charge in [-0.25, -0.2) is 0 Å². The van der Waals surface area contributed by atoms with Gasteiger partial charge in [0.2, 0.25) is 0 Å². The van der Waals surface area contributed by atoms with Crippen molar-refractivity contribution in [2.45, 2.75) is 38.3 Å². The minimum Gasteiger partial charge on any atom is -0.468 e. The molecule has 92 valence electrons. The van der Waals surface area contributed by atoms with E-state index in [2.05, 4.69) is 9.80 Å². The number of ether oxygens (including phenoxy) is 1. The van der Waals surface area contributed by atoms with E-state index in [1.807, 2.05) is 6.92 Å². The molecule has 0 N–H and O–H groups in total. The molecule has 0 amide bonds. The van der Waals surface area contributed by atoms with E-state index in [0.29, 0.717) is 6.04 Å². The van der Waals surface area contributed by atoms with Gasteiger partial charge in [0.1, 0.15) is 6.04 Å². The summed E-state index contributed by atoms with van der Waals surface area (Å²) in [5.41, 5.74) is 0. The van der Waals surface area contributed by atoms with Crippen LogP contribution in [0.2, 0.25) is 0 Å². The number of nitrogens with zero attached hydrogens (tertiary/aromatic N) is 2. The Hall–Kier alpha value is -0.610. The van der Waals surface area contributed by atoms with Crippen molar-refractivity contribution in [3.8, 4) is 0 Å². The fraction of sp³-hybridized carbons (Fsp3) is 0.917. The standard InChI is InChI=1S/C12H22N2O2/c1-10(12(15)16-2)14-8-5-11(9-14)13-6-3-4-7-13/h10-11H,3-9H2,1-2H3. The Bertz CT molecular complexity index is 251. The molecule has 0 spiro atoms. The number of esters is 1. The van der Waals surface area contributed by atoms with Crippen molar-refractivity contribution < 1.29 is 9.53 Å². The number of carbonyl (C=O) groups is 1. The third-order valence-electron chi connectivity index (χ3n) is 3.94. The van der Waals surface area contributed by atoms with E-state index in [9.17, 15) is 4.79 Å². The maximum absolute atomic E-state index is 11.4. The van der Waals surface area contributed by atoms with Crippen LogP contribution >= 0.6 is 0 Å². The van der Waals surface area contributed by atoms with Gasteiger partial charge in [-0.1, -0.05) is 0 Å². The van der Waals surface area contributed by atoms with Crippen molar-refractivity contribution in [1.82, 2.24) is 9.80 Å². The van der Waals surface area contributed by atoms with Crippen LogP contribution in [0.1, 0.15) is 26.2 Å². The highest BCUT2D eigenvalue weighted by Crippen LogP contribution is 2.21. The molecular formula is C12H22N2O2. The van der Waals surface area contributed by atoms with Crippen LogP contribution in [0.15, 0.2) is 0 Å². The van der Waals surface area contributed by atoms with Gasteiger partial charge in [0.05, 0.1) is 7.11 Å². The van der Waals surface area contributed by atoms with Gasteiger partial charge >= 0.3 is 5.97 Å². The smallest absolute Gasteiger partial charge is 0.322 e. The number of hydrogen-bond donors (Lipinski definition) is 0. The van der Waals surface area contributed by atoms with Crippen LogP contribution in [-0.4, -0.2) is 61.1 Å². The molecule has 0 aromatic carbocycles. The van der Waals surface area contributed by atoms with Crippen LogP contribution in [-0.2, 0) is 9.53 Å². The zero-order valence-corrected chi connectivity index (χ0v) is 10.3. The van der Waals surface area contributed by atoms with E-state index < -0.39 is 0 Å². The summed E-state index contributed by atoms with van der Waals surface area (Å²) in [6.07, 6.45) is 3.87. The molecule has 4 heteroatoms. The minimum absolute atomic E-state index is 0.0856. The Morgan fingerprint density at radius 1 is 1.31 bits per heavy atom. The summed E-state index contributed by atoms with van der Waals surface area (Å²) in [6, 6.07) is 0.576. The predicted molar refractivity (Wildman–Crippen MR) is 62.3 cm³/mol. The first-order valence-corrected chi connectivity index (χ1v) is 6.28. The maximum Gasteiger partial charge on any atom is 0.322 e. The second kappa shape index (κ2) is 5.15. The van der Waals surface area contributed by atoms with Crippen LogP contribution in [0.5, 0.6) is 0 Å². The lowest BCUT2D eigenvalue weighted by Crippen LogP contribution is -2.41. The third-order valence-corrected chi connectivity index (χ3v) is 3.94. The van der Waals surface area contributed by atoms with E-state index >= 15 is 0 Å². The van der Waals surface area contributed by atoms with Crippen molar-refractivity contribution in [3.63, 3.8) is 0 Å². The average molecular weight is 226 g/mol. The van der Waals surface area contributed by atoms with Gasteiger partial charge in [-0.2, -0.15) is 0 Å². The molecular weight excluding hydrogens is 204 g/mol. The molecule has 0 radical (unpaired) electrons. The lowest BCUT2D eigenvalue weighted by molar-refractivity contribution is -0.145. The summed E-state index contributed by atoms with van der Waals surface area (Å²) in [5.74, 6) is -0.109. The second-order valence-electron chi connectivity index (χ2n) is 4.88. The molecule has 4 nitrogen and oxygen atoms in total. The molecule has 2 unspecified atom stereocenters. The van der Waals surface area contributed by atoms with E-state index in [0.717, 1.165) is 13.1 Å². The molecule has 2 aliphatic heterocycles. The van der Waals surface area contributed by atoms with Crippen LogP contribution in [0.3, 0.4) is 0 Å². The van der Waals surface area contributed by atoms with E-state index in [1.165, 1.54) is 39.5 Å². The molecule has 2 aliphatic rings. The Balaban J connectivity index is 1.84. The fourth-order valence-corrected chi connectivity index (χ4v) is 2.84. The van der Waals surface area contributed by atoms with Gasteiger partial charge in [0, 0.05) is 19.1 Å². The summed E-state index contributed by atoms with van der Waals surface area (Å²) in [4.78, 5) is 16.3. The number of rotatable bonds is 3. The maximum atomic E-state index is 11.4. The molecule has 0 bridgehead atoms. The van der Waals surface area contributed by atoms with E-state index in [4.69, 9.17) is 4.74 Å². The SMILES string of the molecule is COC(=O)C(C)N1CCC(N2CCCC2)C1. The predicted octanol–water partition coefficient (Wildman–Crippen LogP) is 0.718. The highest BCUT2D eigenvalue weighted by atomic mass is 16.5. The minimum atomic E-state index is -0.109. The molecule has 0 aromatic heterocycles. The topological polar surface area (TPSA) is 32.8 Å². The van der Waals surface area contributed by atoms with Crippen molar-refractivity contribution in [2.75, 3.05) is 33.3 Å². The summed E-state index contributed by atoms with van der Waals surface area (Å²) in [5, 5.41) is 0. The van der Waals surface area contributed by atoms with Crippen LogP contribution < -0.4 is 0 Å². The molecule has 2 heterocycles. The van der Waals surface area contributed by atoms with Gasteiger partial charge < -0.3 is 4.74 Å². The van der Waals surface area contributed by atoms with Crippen molar-refractivity contribution in [3.05, 3.63) is 0 Å². The molecule has 2 saturated heterocycles. The largest absolute Gasteiger partial charge is 0.468 e. The van der Waals surface area contributed by atoms with Crippen LogP contribution in [0, 0.1) is 0 Å². The van der Waals surface area contributed by atoms with Gasteiger partial charge in [0.15, 0.2) is 0 Å². The van der Waals surface area contributed by atoms with Gasteiger partial charge in [-0.15, -0.1) is 0 Å². The van der Waals surface area contributed by atoms with Crippen molar-refractivity contribution >= 4 is 5.97 Å². The number of methoxy groups -OCH3 is 1. The number of carbonyl (C=O) groups excluding carboxylic acids is 1. The third kappa shape index (κ3) is 2.38. The highest BCUT2D eigenvalue weighted by Gasteiger charge is 2.33. The molecule has 2 atom stereocenters. The first-order chi connectivity index (χ1) is 7.72. The first kappa shape index (κ1) is 11.9. The zero-order chi connectivity index (χ0) is 11.5. The second-order valence-corrected chi connectivity index (χ2v) is 4.88. The van der Waals surface area contributed by atoms with E-state index in [-0.39, 0.29) is 12.0 Å². The summed E-state index contributed by atoms with van der Waals surface area (Å²) in [7, 11) is 1.47. The van der Waals surface area contributed by atoms with Crippen LogP contribution in [0.25, 0.3) is 0 Å². The van der Waals surface area contributed by atoms with E-state index in [1.54, 1.807) is 0 Å². The fourth-order valence-electron chi connectivity index (χ4n) is 2.84. The molecule has 2 fully saturated rings.